The molecule has 2 heterocycles. The Bertz CT molecular complexity index is 843. The quantitative estimate of drug-likeness (QED) is 0.763. The van der Waals surface area contributed by atoms with Crippen molar-refractivity contribution in [2.45, 2.75) is 17.4 Å². The summed E-state index contributed by atoms with van der Waals surface area (Å²) in [7, 11) is -0.711. The van der Waals surface area contributed by atoms with E-state index in [0.29, 0.717) is 30.5 Å². The molecule has 1 aliphatic heterocycles. The molecule has 1 saturated heterocycles. The third-order valence-corrected chi connectivity index (χ3v) is 5.79. The Labute approximate surface area is 146 Å². The number of benzene rings is 1. The number of hydrogen-bond donors (Lipinski definition) is 0. The topological polar surface area (TPSA) is 90.9 Å². The van der Waals surface area contributed by atoms with E-state index in [1.807, 2.05) is 0 Å². The zero-order chi connectivity index (χ0) is 17.9. The van der Waals surface area contributed by atoms with E-state index >= 15 is 0 Å². The van der Waals surface area contributed by atoms with Crippen LogP contribution in [0.25, 0.3) is 0 Å². The SMILES string of the molecule is COc1cncc(OC2CCN(S(=O)(=O)c3ccccc3OC)C2)n1. The van der Waals surface area contributed by atoms with Gasteiger partial charge in [-0.1, -0.05) is 12.1 Å². The van der Waals surface area contributed by atoms with Gasteiger partial charge in [0, 0.05) is 6.54 Å². The zero-order valence-electron chi connectivity index (χ0n) is 14.0. The molecule has 1 fully saturated rings. The second-order valence-electron chi connectivity index (χ2n) is 5.44. The lowest BCUT2D eigenvalue weighted by Gasteiger charge is -2.18. The third-order valence-electron chi connectivity index (χ3n) is 3.88. The molecule has 0 radical (unpaired) electrons. The summed E-state index contributed by atoms with van der Waals surface area (Å²) in [6, 6.07) is 6.57. The summed E-state index contributed by atoms with van der Waals surface area (Å²) in [5.74, 6) is 0.973. The monoisotopic (exact) mass is 365 g/mol. The molecule has 0 saturated carbocycles. The lowest BCUT2D eigenvalue weighted by molar-refractivity contribution is 0.203. The fourth-order valence-corrected chi connectivity index (χ4v) is 4.28. The zero-order valence-corrected chi connectivity index (χ0v) is 14.8. The number of hydrogen-bond acceptors (Lipinski definition) is 7. The molecule has 2 aromatic rings. The van der Waals surface area contributed by atoms with Gasteiger partial charge in [0.1, 0.15) is 16.7 Å². The highest BCUT2D eigenvalue weighted by Gasteiger charge is 2.35. The Balaban J connectivity index is 1.73. The van der Waals surface area contributed by atoms with E-state index in [2.05, 4.69) is 9.97 Å². The summed E-state index contributed by atoms with van der Waals surface area (Å²) >= 11 is 0. The summed E-state index contributed by atoms with van der Waals surface area (Å²) in [4.78, 5) is 8.26. The van der Waals surface area contributed by atoms with E-state index < -0.39 is 10.0 Å². The van der Waals surface area contributed by atoms with Crippen LogP contribution < -0.4 is 14.2 Å². The minimum atomic E-state index is -3.65. The van der Waals surface area contributed by atoms with Crippen LogP contribution in [-0.4, -0.2) is 56.1 Å². The molecule has 0 bridgehead atoms. The van der Waals surface area contributed by atoms with Crippen LogP contribution in [0.5, 0.6) is 17.5 Å². The molecule has 25 heavy (non-hydrogen) atoms. The van der Waals surface area contributed by atoms with E-state index in [9.17, 15) is 8.42 Å². The first-order valence-electron chi connectivity index (χ1n) is 7.70. The van der Waals surface area contributed by atoms with Crippen LogP contribution in [0.2, 0.25) is 0 Å². The second kappa shape index (κ2) is 7.24. The van der Waals surface area contributed by atoms with E-state index in [0.717, 1.165) is 0 Å². The predicted octanol–water partition coefficient (Wildman–Crippen LogP) is 1.34. The van der Waals surface area contributed by atoms with Gasteiger partial charge in [0.2, 0.25) is 21.8 Å². The molecule has 0 aliphatic carbocycles. The predicted molar refractivity (Wildman–Crippen MR) is 89.4 cm³/mol. The molecule has 3 rings (SSSR count). The molecule has 0 amide bonds. The number of rotatable bonds is 6. The van der Waals surface area contributed by atoms with Crippen molar-refractivity contribution in [3.05, 3.63) is 36.7 Å². The maximum atomic E-state index is 12.9. The smallest absolute Gasteiger partial charge is 0.246 e. The van der Waals surface area contributed by atoms with Crippen molar-refractivity contribution >= 4 is 10.0 Å². The maximum absolute atomic E-state index is 12.9. The first kappa shape index (κ1) is 17.4. The van der Waals surface area contributed by atoms with Crippen molar-refractivity contribution < 1.29 is 22.6 Å². The molecular weight excluding hydrogens is 346 g/mol. The Morgan fingerprint density at radius 3 is 2.64 bits per heavy atom. The van der Waals surface area contributed by atoms with Crippen molar-refractivity contribution in [3.63, 3.8) is 0 Å². The Morgan fingerprint density at radius 2 is 1.88 bits per heavy atom. The van der Waals surface area contributed by atoms with Gasteiger partial charge in [-0.3, -0.25) is 4.98 Å². The first-order chi connectivity index (χ1) is 12.0. The third kappa shape index (κ3) is 3.67. The summed E-state index contributed by atoms with van der Waals surface area (Å²) in [6.45, 7) is 0.599. The van der Waals surface area contributed by atoms with Crippen LogP contribution in [0.4, 0.5) is 0 Å². The molecule has 9 heteroatoms. The summed E-state index contributed by atoms with van der Waals surface area (Å²) in [5, 5.41) is 0. The Kier molecular flexibility index (Phi) is 5.05. The molecule has 0 N–H and O–H groups in total. The fraction of sp³-hybridized carbons (Fsp3) is 0.375. The number of sulfonamides is 1. The first-order valence-corrected chi connectivity index (χ1v) is 9.14. The van der Waals surface area contributed by atoms with Gasteiger partial charge in [-0.25, -0.2) is 8.42 Å². The van der Waals surface area contributed by atoms with Gasteiger partial charge in [0.05, 0.1) is 33.2 Å². The molecule has 134 valence electrons. The standard InChI is InChI=1S/C16H19N3O5S/c1-22-13-5-3-4-6-14(13)25(20,21)19-8-7-12(11-19)24-16-10-17-9-15(18-16)23-2/h3-6,9-10,12H,7-8,11H2,1-2H3. The molecule has 0 spiro atoms. The molecule has 1 aliphatic rings. The van der Waals surface area contributed by atoms with E-state index in [1.165, 1.54) is 37.0 Å². The average molecular weight is 365 g/mol. The van der Waals surface area contributed by atoms with Crippen LogP contribution in [0, 0.1) is 0 Å². The van der Waals surface area contributed by atoms with Crippen LogP contribution >= 0.6 is 0 Å². The number of para-hydroxylation sites is 1. The van der Waals surface area contributed by atoms with Crippen molar-refractivity contribution in [3.8, 4) is 17.5 Å². The average Bonchev–Trinajstić information content (AvgIpc) is 3.11. The normalized spacial score (nSPS) is 18.1. The van der Waals surface area contributed by atoms with Crippen molar-refractivity contribution in [1.29, 1.82) is 0 Å². The second-order valence-corrected chi connectivity index (χ2v) is 7.35. The van der Waals surface area contributed by atoms with Crippen LogP contribution in [-0.2, 0) is 10.0 Å². The summed E-state index contributed by atoms with van der Waals surface area (Å²) in [6.07, 6.45) is 3.21. The number of nitrogens with zero attached hydrogens (tertiary/aromatic N) is 3. The molecular formula is C16H19N3O5S. The molecule has 1 unspecified atom stereocenters. The van der Waals surface area contributed by atoms with Crippen LogP contribution in [0.3, 0.4) is 0 Å². The lowest BCUT2D eigenvalue weighted by Crippen LogP contribution is -2.31. The van der Waals surface area contributed by atoms with E-state index in [-0.39, 0.29) is 17.5 Å². The highest BCUT2D eigenvalue weighted by Crippen LogP contribution is 2.29. The van der Waals surface area contributed by atoms with Crippen molar-refractivity contribution in [2.75, 3.05) is 27.3 Å². The van der Waals surface area contributed by atoms with Crippen molar-refractivity contribution in [2.24, 2.45) is 0 Å². The van der Waals surface area contributed by atoms with Gasteiger partial charge < -0.3 is 14.2 Å². The minimum absolute atomic E-state index is 0.152. The van der Waals surface area contributed by atoms with E-state index in [4.69, 9.17) is 14.2 Å². The fourth-order valence-electron chi connectivity index (χ4n) is 2.64. The maximum Gasteiger partial charge on any atom is 0.246 e. The Hall–Kier alpha value is -2.39. The van der Waals surface area contributed by atoms with Gasteiger partial charge in [-0.05, 0) is 18.6 Å². The number of methoxy groups -OCH3 is 2. The van der Waals surface area contributed by atoms with E-state index in [1.54, 1.807) is 18.2 Å². The van der Waals surface area contributed by atoms with Gasteiger partial charge in [0.15, 0.2) is 0 Å². The minimum Gasteiger partial charge on any atom is -0.495 e. The molecule has 1 aromatic carbocycles. The van der Waals surface area contributed by atoms with Crippen LogP contribution in [0.15, 0.2) is 41.6 Å². The summed E-state index contributed by atoms with van der Waals surface area (Å²) in [5.41, 5.74) is 0. The number of aromatic nitrogens is 2. The summed E-state index contributed by atoms with van der Waals surface area (Å²) < 4.78 is 43.0. The lowest BCUT2D eigenvalue weighted by atomic mass is 10.3. The van der Waals surface area contributed by atoms with Gasteiger partial charge >= 0.3 is 0 Å². The van der Waals surface area contributed by atoms with Crippen LogP contribution in [0.1, 0.15) is 6.42 Å². The van der Waals surface area contributed by atoms with Gasteiger partial charge in [0.25, 0.3) is 0 Å². The molecule has 1 aromatic heterocycles. The highest BCUT2D eigenvalue weighted by atomic mass is 32.2. The largest absolute Gasteiger partial charge is 0.495 e. The molecule has 1 atom stereocenters. The van der Waals surface area contributed by atoms with Crippen molar-refractivity contribution in [1.82, 2.24) is 14.3 Å². The number of ether oxygens (including phenoxy) is 3. The highest BCUT2D eigenvalue weighted by molar-refractivity contribution is 7.89. The van der Waals surface area contributed by atoms with Gasteiger partial charge in [-0.2, -0.15) is 9.29 Å². The molecule has 8 nitrogen and oxygen atoms in total. The Morgan fingerprint density at radius 1 is 1.12 bits per heavy atom. The van der Waals surface area contributed by atoms with Gasteiger partial charge in [-0.15, -0.1) is 0 Å².